The van der Waals surface area contributed by atoms with Crippen molar-refractivity contribution in [2.75, 3.05) is 4.90 Å². The highest BCUT2D eigenvalue weighted by molar-refractivity contribution is 5.79. The summed E-state index contributed by atoms with van der Waals surface area (Å²) < 4.78 is 5.04. The van der Waals surface area contributed by atoms with Gasteiger partial charge in [-0.3, -0.25) is 4.98 Å². The first-order valence-corrected chi connectivity index (χ1v) is 4.54. The van der Waals surface area contributed by atoms with E-state index in [-0.39, 0.29) is 5.76 Å². The molecule has 0 aliphatic carbocycles. The molecule has 4 nitrogen and oxygen atoms in total. The molecule has 3 rings (SSSR count). The Bertz CT molecular complexity index is 503. The van der Waals surface area contributed by atoms with E-state index in [1.54, 1.807) is 31.0 Å². The number of nitrogens with zero attached hydrogens (tertiary/aromatic N) is 2. The van der Waals surface area contributed by atoms with E-state index in [4.69, 9.17) is 4.74 Å². The quantitative estimate of drug-likeness (QED) is 0.696. The van der Waals surface area contributed by atoms with Gasteiger partial charge in [0.2, 0.25) is 0 Å². The van der Waals surface area contributed by atoms with Crippen LogP contribution in [0.5, 0.6) is 0 Å². The molecule has 0 radical (unpaired) electrons. The second-order valence-electron chi connectivity index (χ2n) is 3.23. The first kappa shape index (κ1) is 8.11. The van der Waals surface area contributed by atoms with Gasteiger partial charge in [-0.15, -0.1) is 0 Å². The average Bonchev–Trinajstić information content (AvgIpc) is 2.30. The van der Waals surface area contributed by atoms with Gasteiger partial charge in [0.05, 0.1) is 11.4 Å². The fraction of sp³-hybridized carbons (Fsp3) is 0. The summed E-state index contributed by atoms with van der Waals surface area (Å²) in [7, 11) is 0. The van der Waals surface area contributed by atoms with Gasteiger partial charge in [0.25, 0.3) is 0 Å². The number of anilines is 1. The summed E-state index contributed by atoms with van der Waals surface area (Å²) in [6, 6.07) is 3.73. The summed E-state index contributed by atoms with van der Waals surface area (Å²) in [6.07, 6.45) is 8.22. The highest BCUT2D eigenvalue weighted by atomic mass is 16.5. The van der Waals surface area contributed by atoms with Crippen molar-refractivity contribution in [3.8, 4) is 0 Å². The van der Waals surface area contributed by atoms with Gasteiger partial charge in [-0.05, 0) is 12.1 Å². The van der Waals surface area contributed by atoms with E-state index in [0.717, 1.165) is 11.4 Å². The molecule has 0 atom stereocenters. The molecule has 0 saturated heterocycles. The molecular formula is C11H8N2O2. The lowest BCUT2D eigenvalue weighted by Crippen LogP contribution is -2.21. The summed E-state index contributed by atoms with van der Waals surface area (Å²) in [4.78, 5) is 6.04. The van der Waals surface area contributed by atoms with Crippen molar-refractivity contribution in [2.45, 2.75) is 0 Å². The molecule has 0 spiro atoms. The third kappa shape index (κ3) is 1.11. The Morgan fingerprint density at radius 2 is 2.33 bits per heavy atom. The van der Waals surface area contributed by atoms with Crippen molar-refractivity contribution in [2.24, 2.45) is 0 Å². The van der Waals surface area contributed by atoms with Crippen molar-refractivity contribution in [1.82, 2.24) is 4.98 Å². The van der Waals surface area contributed by atoms with Crippen LogP contribution in [0.4, 0.5) is 5.69 Å². The lowest BCUT2D eigenvalue weighted by Gasteiger charge is -2.28. The lowest BCUT2D eigenvalue weighted by molar-refractivity contribution is 0.388. The largest absolute Gasteiger partial charge is 0.506 e. The number of hydrogen-bond donors (Lipinski definition) is 1. The molecule has 3 heterocycles. The number of rotatable bonds is 0. The molecule has 1 N–H and O–H groups in total. The standard InChI is InChI=1S/C11H8N2O2/c14-10-6-8-7-15-5-4-13(8)9-2-1-3-12-11(9)10/h1-7,14H. The van der Waals surface area contributed by atoms with E-state index >= 15 is 0 Å². The molecule has 2 aliphatic heterocycles. The number of allylic oxidation sites excluding steroid dienone is 1. The third-order valence-electron chi connectivity index (χ3n) is 2.33. The number of ether oxygens (including phenoxy) is 1. The molecule has 1 aromatic heterocycles. The molecule has 0 fully saturated rings. The maximum atomic E-state index is 9.75. The maximum Gasteiger partial charge on any atom is 0.145 e. The Morgan fingerprint density at radius 3 is 3.27 bits per heavy atom. The highest BCUT2D eigenvalue weighted by Crippen LogP contribution is 2.34. The van der Waals surface area contributed by atoms with Gasteiger partial charge in [-0.25, -0.2) is 0 Å². The van der Waals surface area contributed by atoms with Crippen LogP contribution in [0, 0.1) is 0 Å². The van der Waals surface area contributed by atoms with E-state index in [0.29, 0.717) is 5.69 Å². The predicted molar refractivity (Wildman–Crippen MR) is 55.6 cm³/mol. The number of fused-ring (bicyclic) bond motifs is 3. The molecule has 0 saturated carbocycles. The zero-order chi connectivity index (χ0) is 10.3. The van der Waals surface area contributed by atoms with Crippen molar-refractivity contribution in [3.05, 3.63) is 54.5 Å². The Balaban J connectivity index is 2.24. The van der Waals surface area contributed by atoms with Crippen molar-refractivity contribution in [3.63, 3.8) is 0 Å². The van der Waals surface area contributed by atoms with Crippen LogP contribution in [0.2, 0.25) is 0 Å². The summed E-state index contributed by atoms with van der Waals surface area (Å²) in [5.74, 6) is 0.159. The Kier molecular flexibility index (Phi) is 1.56. The number of hydrogen-bond acceptors (Lipinski definition) is 4. The first-order valence-electron chi connectivity index (χ1n) is 4.54. The molecule has 4 heteroatoms. The molecule has 15 heavy (non-hydrogen) atoms. The van der Waals surface area contributed by atoms with Gasteiger partial charge in [0.1, 0.15) is 24.0 Å². The van der Waals surface area contributed by atoms with E-state index in [9.17, 15) is 5.11 Å². The van der Waals surface area contributed by atoms with Crippen LogP contribution in [0.25, 0.3) is 5.76 Å². The minimum absolute atomic E-state index is 0.159. The molecule has 0 unspecified atom stereocenters. The highest BCUT2D eigenvalue weighted by Gasteiger charge is 2.23. The third-order valence-corrected chi connectivity index (χ3v) is 2.33. The minimum Gasteiger partial charge on any atom is -0.506 e. The molecule has 0 bridgehead atoms. The second kappa shape index (κ2) is 2.88. The maximum absolute atomic E-state index is 9.75. The number of aliphatic hydroxyl groups excluding tert-OH is 1. The number of pyridine rings is 1. The molecular weight excluding hydrogens is 192 g/mol. The molecule has 74 valence electrons. The summed E-state index contributed by atoms with van der Waals surface area (Å²) in [5.41, 5.74) is 2.22. The Labute approximate surface area is 86.4 Å². The van der Waals surface area contributed by atoms with E-state index in [1.165, 1.54) is 0 Å². The summed E-state index contributed by atoms with van der Waals surface area (Å²) >= 11 is 0. The van der Waals surface area contributed by atoms with Crippen LogP contribution in [0.15, 0.2) is 48.8 Å². The fourth-order valence-corrected chi connectivity index (χ4v) is 1.67. The minimum atomic E-state index is 0.159. The lowest BCUT2D eigenvalue weighted by atomic mass is 10.1. The van der Waals surface area contributed by atoms with Crippen LogP contribution in [-0.2, 0) is 4.74 Å². The Morgan fingerprint density at radius 1 is 1.40 bits per heavy atom. The van der Waals surface area contributed by atoms with Gasteiger partial charge in [-0.1, -0.05) is 0 Å². The summed E-state index contributed by atoms with van der Waals surface area (Å²) in [5, 5.41) is 9.75. The van der Waals surface area contributed by atoms with E-state index in [2.05, 4.69) is 4.98 Å². The number of aliphatic hydroxyl groups is 1. The van der Waals surface area contributed by atoms with Crippen molar-refractivity contribution >= 4 is 11.4 Å². The zero-order valence-corrected chi connectivity index (χ0v) is 7.79. The van der Waals surface area contributed by atoms with Crippen molar-refractivity contribution in [1.29, 1.82) is 0 Å². The van der Waals surface area contributed by atoms with E-state index in [1.807, 2.05) is 17.0 Å². The molecule has 2 aliphatic rings. The second-order valence-corrected chi connectivity index (χ2v) is 3.23. The fourth-order valence-electron chi connectivity index (χ4n) is 1.67. The molecule has 0 amide bonds. The van der Waals surface area contributed by atoms with Crippen LogP contribution < -0.4 is 4.90 Å². The first-order chi connectivity index (χ1) is 7.36. The van der Waals surface area contributed by atoms with Crippen LogP contribution in [0.3, 0.4) is 0 Å². The SMILES string of the molecule is OC1=CC2=COC=CN2c2cccnc21. The molecule has 0 aromatic carbocycles. The predicted octanol–water partition coefficient (Wildman–Crippen LogP) is 2.14. The summed E-state index contributed by atoms with van der Waals surface area (Å²) in [6.45, 7) is 0. The van der Waals surface area contributed by atoms with Crippen LogP contribution >= 0.6 is 0 Å². The number of aromatic nitrogens is 1. The zero-order valence-electron chi connectivity index (χ0n) is 7.79. The van der Waals surface area contributed by atoms with Crippen LogP contribution in [0.1, 0.15) is 5.69 Å². The van der Waals surface area contributed by atoms with Gasteiger partial charge < -0.3 is 14.7 Å². The Hall–Kier alpha value is -2.23. The smallest absolute Gasteiger partial charge is 0.145 e. The van der Waals surface area contributed by atoms with E-state index < -0.39 is 0 Å². The van der Waals surface area contributed by atoms with Gasteiger partial charge in [0, 0.05) is 18.5 Å². The normalized spacial score (nSPS) is 17.2. The van der Waals surface area contributed by atoms with Crippen LogP contribution in [-0.4, -0.2) is 10.1 Å². The topological polar surface area (TPSA) is 45.6 Å². The van der Waals surface area contributed by atoms with Gasteiger partial charge >= 0.3 is 0 Å². The van der Waals surface area contributed by atoms with Gasteiger partial charge in [0.15, 0.2) is 0 Å². The van der Waals surface area contributed by atoms with Crippen molar-refractivity contribution < 1.29 is 9.84 Å². The van der Waals surface area contributed by atoms with Gasteiger partial charge in [-0.2, -0.15) is 0 Å². The average molecular weight is 200 g/mol. The monoisotopic (exact) mass is 200 g/mol. The molecule has 1 aromatic rings.